The van der Waals surface area contributed by atoms with Crippen molar-refractivity contribution < 1.29 is 26.0 Å². The Balaban J connectivity index is 1.05. The first-order valence-electron chi connectivity index (χ1n) is 15.3. The van der Waals surface area contributed by atoms with Gasteiger partial charge >= 0.3 is 0 Å². The van der Waals surface area contributed by atoms with E-state index >= 15 is 0 Å². The van der Waals surface area contributed by atoms with Crippen LogP contribution in [0.3, 0.4) is 0 Å². The van der Waals surface area contributed by atoms with Crippen LogP contribution in [0.2, 0.25) is 0 Å². The molecule has 1 amide bonds. The number of amides is 1. The van der Waals surface area contributed by atoms with Crippen LogP contribution in [-0.2, 0) is 31.4 Å². The number of halogens is 1. The highest BCUT2D eigenvalue weighted by molar-refractivity contribution is 8.09. The quantitative estimate of drug-likeness (QED) is 0.381. The molecule has 1 unspecified atom stereocenters. The lowest BCUT2D eigenvalue weighted by molar-refractivity contribution is -0.138. The lowest BCUT2D eigenvalue weighted by Crippen LogP contribution is -2.50. The van der Waals surface area contributed by atoms with E-state index in [4.69, 9.17) is 0 Å². The van der Waals surface area contributed by atoms with Crippen molar-refractivity contribution in [3.8, 4) is 0 Å². The molecule has 2 saturated heterocycles. The molecule has 0 spiro atoms. The van der Waals surface area contributed by atoms with Gasteiger partial charge in [-0.3, -0.25) is 14.7 Å². The fraction of sp³-hybridized carbons (Fsp3) is 0.452. The van der Waals surface area contributed by atoms with Crippen molar-refractivity contribution in [3.63, 3.8) is 0 Å². The number of nitrogens with one attached hydrogen (secondary N) is 1. The van der Waals surface area contributed by atoms with Gasteiger partial charge in [0.1, 0.15) is 12.0 Å². The zero-order chi connectivity index (χ0) is 32.6. The fourth-order valence-corrected chi connectivity index (χ4v) is 9.68. The van der Waals surface area contributed by atoms with Crippen molar-refractivity contribution in [1.82, 2.24) is 19.8 Å². The van der Waals surface area contributed by atoms with Crippen LogP contribution in [-0.4, -0.2) is 87.2 Å². The summed E-state index contributed by atoms with van der Waals surface area (Å²) in [7, 11) is -8.17. The predicted molar refractivity (Wildman–Crippen MR) is 173 cm³/mol. The molecule has 1 aromatic carbocycles. The topological polar surface area (TPSA) is 136 Å². The lowest BCUT2D eigenvalue weighted by Gasteiger charge is -2.42. The summed E-state index contributed by atoms with van der Waals surface area (Å²) < 4.78 is 63.1. The van der Waals surface area contributed by atoms with Crippen LogP contribution in [0.15, 0.2) is 60.9 Å². The average Bonchev–Trinajstić information content (AvgIpc) is 3.39. The zero-order valence-electron chi connectivity index (χ0n) is 25.8. The highest BCUT2D eigenvalue weighted by atomic mass is 32.3. The van der Waals surface area contributed by atoms with E-state index in [1.165, 1.54) is 24.4 Å². The van der Waals surface area contributed by atoms with Gasteiger partial charge in [-0.1, -0.05) is 6.07 Å². The fourth-order valence-electron chi connectivity index (χ4n) is 6.83. The number of benzene rings is 1. The monoisotopic (exact) mass is 671 g/mol. The minimum atomic E-state index is -4.09. The van der Waals surface area contributed by atoms with Gasteiger partial charge in [0.05, 0.1) is 29.6 Å². The Hall–Kier alpha value is -3.82. The number of fused-ring (bicyclic) bond motifs is 1. The first-order chi connectivity index (χ1) is 21.9. The van der Waals surface area contributed by atoms with Gasteiger partial charge in [0.2, 0.25) is 26.0 Å². The van der Waals surface area contributed by atoms with Crippen LogP contribution < -0.4 is 13.9 Å². The largest absolute Gasteiger partial charge is 0.358 e. The molecule has 3 aromatic rings. The van der Waals surface area contributed by atoms with Crippen molar-refractivity contribution in [1.29, 1.82) is 0 Å². The van der Waals surface area contributed by atoms with Crippen molar-refractivity contribution in [2.24, 2.45) is 5.92 Å². The number of hydrogen-bond donors (Lipinski definition) is 1. The molecule has 3 aliphatic rings. The molecule has 1 atom stereocenters. The van der Waals surface area contributed by atoms with E-state index in [1.54, 1.807) is 12.3 Å². The third-order valence-corrected chi connectivity index (χ3v) is 12.1. The maximum Gasteiger partial charge on any atom is 0.246 e. The number of hydrogen-bond acceptors (Lipinski definition) is 10. The molecular weight excluding hydrogens is 634 g/mol. The molecular formula is C31H38FN7O5S2. The summed E-state index contributed by atoms with van der Waals surface area (Å²) in [6.45, 7) is 3.14. The number of likely N-dealkylation sites (tertiary alicyclic amines) is 2. The molecule has 0 bridgehead atoms. The number of rotatable bonds is 8. The van der Waals surface area contributed by atoms with Crippen LogP contribution in [0, 0.1) is 11.7 Å². The van der Waals surface area contributed by atoms with Gasteiger partial charge in [-0.25, -0.2) is 26.2 Å². The second-order valence-electron chi connectivity index (χ2n) is 12.2. The minimum absolute atomic E-state index is 0.0785. The molecule has 2 aromatic heterocycles. The Morgan fingerprint density at radius 2 is 1.63 bits per heavy atom. The Morgan fingerprint density at radius 1 is 0.913 bits per heavy atom. The molecule has 0 radical (unpaired) electrons. The summed E-state index contributed by atoms with van der Waals surface area (Å²) in [5.74, 6) is -0.368. The number of sulfonamides is 2. The SMILES string of the molecule is CS(=O)(=O)N(c1cc(CN2CCC(C(=O)N3CCC(N4c5ccc(F)cc5NC4c4ccccn4)CC3)CC2)ccn1)S(C)(=O)=O. The summed E-state index contributed by atoms with van der Waals surface area (Å²) in [6.07, 6.45) is 7.58. The first-order valence-corrected chi connectivity index (χ1v) is 19.0. The third kappa shape index (κ3) is 6.81. The van der Waals surface area contributed by atoms with Crippen molar-refractivity contribution in [3.05, 3.63) is 78.0 Å². The molecule has 12 nitrogen and oxygen atoms in total. The van der Waals surface area contributed by atoms with E-state index in [0.29, 0.717) is 49.3 Å². The Bertz CT molecular complexity index is 1760. The normalized spacial score (nSPS) is 19.9. The van der Waals surface area contributed by atoms with E-state index in [-0.39, 0.29) is 35.7 Å². The number of carbonyl (C=O) groups excluding carboxylic acids is 1. The van der Waals surface area contributed by atoms with Crippen molar-refractivity contribution in [2.75, 3.05) is 52.6 Å². The van der Waals surface area contributed by atoms with Gasteiger partial charge in [0.15, 0.2) is 5.82 Å². The predicted octanol–water partition coefficient (Wildman–Crippen LogP) is 3.18. The number of aromatic nitrogens is 2. The van der Waals surface area contributed by atoms with Gasteiger partial charge in [-0.05, 0) is 86.8 Å². The van der Waals surface area contributed by atoms with Crippen LogP contribution in [0.1, 0.15) is 43.1 Å². The van der Waals surface area contributed by atoms with Gasteiger partial charge < -0.3 is 15.1 Å². The Morgan fingerprint density at radius 3 is 2.28 bits per heavy atom. The lowest BCUT2D eigenvalue weighted by atomic mass is 9.93. The van der Waals surface area contributed by atoms with Crippen LogP contribution in [0.5, 0.6) is 0 Å². The molecule has 15 heteroatoms. The maximum absolute atomic E-state index is 14.1. The second-order valence-corrected chi connectivity index (χ2v) is 16.1. The average molecular weight is 672 g/mol. The van der Waals surface area contributed by atoms with Crippen molar-refractivity contribution >= 4 is 43.1 Å². The molecule has 0 saturated carbocycles. The van der Waals surface area contributed by atoms with E-state index < -0.39 is 20.0 Å². The minimum Gasteiger partial charge on any atom is -0.358 e. The molecule has 6 rings (SSSR count). The zero-order valence-corrected chi connectivity index (χ0v) is 27.4. The van der Waals surface area contributed by atoms with Crippen molar-refractivity contribution in [2.45, 2.75) is 44.4 Å². The van der Waals surface area contributed by atoms with Gasteiger partial charge in [-0.2, -0.15) is 0 Å². The summed E-state index contributed by atoms with van der Waals surface area (Å²) in [5, 5.41) is 3.45. The second kappa shape index (κ2) is 12.8. The van der Waals surface area contributed by atoms with E-state index in [2.05, 4.69) is 25.1 Å². The smallest absolute Gasteiger partial charge is 0.246 e. The number of carbonyl (C=O) groups is 1. The number of pyridine rings is 2. The Labute approximate surface area is 269 Å². The molecule has 2 fully saturated rings. The molecule has 0 aliphatic carbocycles. The van der Waals surface area contributed by atoms with Gasteiger partial charge in [-0.15, -0.1) is 3.71 Å². The standard InChI is InChI=1S/C31H38FN7O5S2/c1-45(41,42)39(46(2,43)44)29-19-22(8-14-34-29)21-36-15-9-23(10-16-36)31(40)37-17-11-25(12-18-37)38-28-7-6-24(32)20-27(28)35-30(38)26-5-3-4-13-33-26/h3-8,13-14,19-20,23,25,30,35H,9-12,15-18,21H2,1-2H3. The first kappa shape index (κ1) is 32.1. The van der Waals surface area contributed by atoms with Gasteiger partial charge in [0, 0.05) is 44.0 Å². The molecule has 246 valence electrons. The van der Waals surface area contributed by atoms with Crippen LogP contribution >= 0.6 is 0 Å². The highest BCUT2D eigenvalue weighted by Crippen LogP contribution is 2.44. The summed E-state index contributed by atoms with van der Waals surface area (Å²) in [6, 6.07) is 14.0. The maximum atomic E-state index is 14.1. The molecule has 46 heavy (non-hydrogen) atoms. The molecule has 1 N–H and O–H groups in total. The molecule has 5 heterocycles. The highest BCUT2D eigenvalue weighted by Gasteiger charge is 2.39. The number of anilines is 3. The Kier molecular flexibility index (Phi) is 8.91. The third-order valence-electron chi connectivity index (χ3n) is 8.89. The van der Waals surface area contributed by atoms with Crippen LogP contribution in [0.4, 0.5) is 21.6 Å². The summed E-state index contributed by atoms with van der Waals surface area (Å²) in [4.78, 5) is 28.6. The van der Waals surface area contributed by atoms with E-state index in [9.17, 15) is 26.0 Å². The molecule has 3 aliphatic heterocycles. The number of piperidine rings is 2. The van der Waals surface area contributed by atoms with E-state index in [1.807, 2.05) is 29.2 Å². The summed E-state index contributed by atoms with van der Waals surface area (Å²) in [5.41, 5.74) is 3.28. The van der Waals surface area contributed by atoms with Gasteiger partial charge in [0.25, 0.3) is 0 Å². The van der Waals surface area contributed by atoms with Crippen LogP contribution in [0.25, 0.3) is 0 Å². The number of nitrogens with zero attached hydrogens (tertiary/aromatic N) is 6. The van der Waals surface area contributed by atoms with E-state index in [0.717, 1.165) is 48.0 Å². The summed E-state index contributed by atoms with van der Waals surface area (Å²) >= 11 is 0.